The van der Waals surface area contributed by atoms with Gasteiger partial charge in [-0.25, -0.2) is 0 Å². The Morgan fingerprint density at radius 3 is 2.61 bits per heavy atom. The van der Waals surface area contributed by atoms with Crippen LogP contribution in [0.2, 0.25) is 5.02 Å². The minimum atomic E-state index is -0.193. The first kappa shape index (κ1) is 21.6. The summed E-state index contributed by atoms with van der Waals surface area (Å²) in [6.07, 6.45) is 1.82. The quantitative estimate of drug-likeness (QED) is 0.485. The minimum Gasteiger partial charge on any atom is -0.322 e. The van der Waals surface area contributed by atoms with Crippen molar-refractivity contribution < 1.29 is 4.79 Å². The van der Waals surface area contributed by atoms with Crippen LogP contribution in [0.4, 0.5) is 5.69 Å². The lowest BCUT2D eigenvalue weighted by Crippen LogP contribution is -2.46. The maximum Gasteiger partial charge on any atom is 0.257 e. The molecule has 1 fully saturated rings. The normalized spacial score (nSPS) is 17.3. The van der Waals surface area contributed by atoms with Crippen LogP contribution in [-0.2, 0) is 6.54 Å². The average Bonchev–Trinajstić information content (AvgIpc) is 3.25. The molecule has 0 aliphatic carbocycles. The summed E-state index contributed by atoms with van der Waals surface area (Å²) in [5.74, 6) is 0.646. The molecule has 0 bridgehead atoms. The van der Waals surface area contributed by atoms with E-state index in [1.54, 1.807) is 30.3 Å². The van der Waals surface area contributed by atoms with Gasteiger partial charge in [0.15, 0.2) is 11.5 Å². The van der Waals surface area contributed by atoms with Gasteiger partial charge in [0.2, 0.25) is 0 Å². The van der Waals surface area contributed by atoms with Crippen LogP contribution in [0.1, 0.15) is 27.8 Å². The first-order chi connectivity index (χ1) is 16.1. The molecule has 1 saturated heterocycles. The SMILES string of the molecule is CN1CCN(Cc2ccccc2)CC1c1nnc2ccc(C(=O)Nc3ccc(Cl)cc3)cn12. The number of rotatable bonds is 5. The fourth-order valence-corrected chi connectivity index (χ4v) is 4.33. The van der Waals surface area contributed by atoms with E-state index in [0.29, 0.717) is 16.3 Å². The molecular formula is C25H25ClN6O. The van der Waals surface area contributed by atoms with Crippen molar-refractivity contribution in [2.45, 2.75) is 12.6 Å². The highest BCUT2D eigenvalue weighted by molar-refractivity contribution is 6.30. The van der Waals surface area contributed by atoms with Gasteiger partial charge in [-0.1, -0.05) is 41.9 Å². The predicted molar refractivity (Wildman–Crippen MR) is 129 cm³/mol. The fraction of sp³-hybridized carbons (Fsp3) is 0.240. The maximum atomic E-state index is 12.9. The molecule has 1 atom stereocenters. The van der Waals surface area contributed by atoms with Gasteiger partial charge in [-0.2, -0.15) is 0 Å². The number of amides is 1. The van der Waals surface area contributed by atoms with Crippen molar-refractivity contribution >= 4 is 28.8 Å². The Morgan fingerprint density at radius 1 is 1.03 bits per heavy atom. The average molecular weight is 461 g/mol. The highest BCUT2D eigenvalue weighted by Gasteiger charge is 2.29. The van der Waals surface area contributed by atoms with Crippen LogP contribution in [-0.4, -0.2) is 57.0 Å². The number of halogens is 1. The molecule has 0 saturated carbocycles. The smallest absolute Gasteiger partial charge is 0.257 e. The number of piperazine rings is 1. The number of nitrogens with zero attached hydrogens (tertiary/aromatic N) is 5. The zero-order valence-corrected chi connectivity index (χ0v) is 19.1. The van der Waals surface area contributed by atoms with Gasteiger partial charge < -0.3 is 5.32 Å². The van der Waals surface area contributed by atoms with Gasteiger partial charge in [-0.3, -0.25) is 19.0 Å². The lowest BCUT2D eigenvalue weighted by Gasteiger charge is -2.38. The van der Waals surface area contributed by atoms with Crippen LogP contribution < -0.4 is 5.32 Å². The minimum absolute atomic E-state index is 0.0760. The van der Waals surface area contributed by atoms with Crippen molar-refractivity contribution in [1.82, 2.24) is 24.4 Å². The highest BCUT2D eigenvalue weighted by atomic mass is 35.5. The van der Waals surface area contributed by atoms with Crippen molar-refractivity contribution in [1.29, 1.82) is 0 Å². The van der Waals surface area contributed by atoms with Crippen LogP contribution >= 0.6 is 11.6 Å². The molecule has 1 amide bonds. The summed E-state index contributed by atoms with van der Waals surface area (Å²) < 4.78 is 1.93. The lowest BCUT2D eigenvalue weighted by atomic mass is 10.1. The summed E-state index contributed by atoms with van der Waals surface area (Å²) in [6.45, 7) is 3.67. The Balaban J connectivity index is 1.38. The zero-order valence-electron chi connectivity index (χ0n) is 18.4. The Hall–Kier alpha value is -3.26. The standard InChI is InChI=1S/C25H25ClN6O/c1-30-13-14-31(15-18-5-3-2-4-6-18)17-22(30)24-29-28-23-12-7-19(16-32(23)24)25(33)27-21-10-8-20(26)9-11-21/h2-12,16,22H,13-15,17H2,1H3,(H,27,33). The molecule has 7 nitrogen and oxygen atoms in total. The van der Waals surface area contributed by atoms with E-state index >= 15 is 0 Å². The van der Waals surface area contributed by atoms with Crippen molar-refractivity contribution in [3.8, 4) is 0 Å². The molecule has 4 aromatic rings. The third kappa shape index (κ3) is 4.75. The Bertz CT molecular complexity index is 1260. The molecule has 0 radical (unpaired) electrons. The van der Waals surface area contributed by atoms with Crippen molar-refractivity contribution in [2.75, 3.05) is 32.0 Å². The Morgan fingerprint density at radius 2 is 1.82 bits per heavy atom. The van der Waals surface area contributed by atoms with Gasteiger partial charge in [0, 0.05) is 43.1 Å². The number of fused-ring (bicyclic) bond motifs is 1. The van der Waals surface area contributed by atoms with E-state index in [4.69, 9.17) is 11.6 Å². The largest absolute Gasteiger partial charge is 0.322 e. The molecule has 1 N–H and O–H groups in total. The molecule has 5 rings (SSSR count). The van der Waals surface area contributed by atoms with E-state index in [1.807, 2.05) is 22.7 Å². The van der Waals surface area contributed by atoms with Gasteiger partial charge >= 0.3 is 0 Å². The highest BCUT2D eigenvalue weighted by Crippen LogP contribution is 2.25. The first-order valence-electron chi connectivity index (χ1n) is 10.9. The number of hydrogen-bond donors (Lipinski definition) is 1. The molecule has 1 aliphatic rings. The second kappa shape index (κ2) is 9.31. The van der Waals surface area contributed by atoms with Crippen LogP contribution in [0, 0.1) is 0 Å². The van der Waals surface area contributed by atoms with E-state index in [1.165, 1.54) is 5.56 Å². The number of likely N-dealkylation sites (N-methyl/N-ethyl adjacent to an activating group) is 1. The third-order valence-electron chi connectivity index (χ3n) is 6.07. The van der Waals surface area contributed by atoms with E-state index in [2.05, 4.69) is 56.6 Å². The summed E-state index contributed by atoms with van der Waals surface area (Å²) in [5.41, 5.74) is 3.25. The van der Waals surface area contributed by atoms with Gasteiger partial charge in [0.1, 0.15) is 0 Å². The van der Waals surface area contributed by atoms with Crippen LogP contribution in [0.5, 0.6) is 0 Å². The van der Waals surface area contributed by atoms with E-state index in [0.717, 1.165) is 37.7 Å². The van der Waals surface area contributed by atoms with Crippen LogP contribution in [0.15, 0.2) is 72.9 Å². The lowest BCUT2D eigenvalue weighted by molar-refractivity contribution is 0.0852. The number of carbonyl (C=O) groups excluding carboxylic acids is 1. The molecule has 2 aromatic carbocycles. The number of hydrogen-bond acceptors (Lipinski definition) is 5. The number of pyridine rings is 1. The molecule has 1 aliphatic heterocycles. The van der Waals surface area contributed by atoms with E-state index < -0.39 is 0 Å². The molecule has 0 spiro atoms. The summed E-state index contributed by atoms with van der Waals surface area (Å²) in [7, 11) is 2.11. The summed E-state index contributed by atoms with van der Waals surface area (Å²) >= 11 is 5.94. The van der Waals surface area contributed by atoms with E-state index in [9.17, 15) is 4.79 Å². The third-order valence-corrected chi connectivity index (χ3v) is 6.32. The Kier molecular flexibility index (Phi) is 6.09. The van der Waals surface area contributed by atoms with Gasteiger partial charge in [-0.05, 0) is 49.0 Å². The van der Waals surface area contributed by atoms with Gasteiger partial charge in [-0.15, -0.1) is 10.2 Å². The van der Waals surface area contributed by atoms with Crippen LogP contribution in [0.25, 0.3) is 5.65 Å². The van der Waals surface area contributed by atoms with Gasteiger partial charge in [0.25, 0.3) is 5.91 Å². The monoisotopic (exact) mass is 460 g/mol. The molecule has 2 aromatic heterocycles. The molecule has 1 unspecified atom stereocenters. The summed E-state index contributed by atoms with van der Waals surface area (Å²) in [4.78, 5) is 17.6. The molecule has 3 heterocycles. The second-order valence-electron chi connectivity index (χ2n) is 8.38. The fourth-order valence-electron chi connectivity index (χ4n) is 4.20. The number of carbonyl (C=O) groups is 1. The molecule has 33 heavy (non-hydrogen) atoms. The predicted octanol–water partition coefficient (Wildman–Crippen LogP) is 4.12. The molecule has 168 valence electrons. The topological polar surface area (TPSA) is 65.8 Å². The molecule has 8 heteroatoms. The summed E-state index contributed by atoms with van der Waals surface area (Å²) in [6, 6.07) is 21.2. The Labute approximate surface area is 197 Å². The zero-order chi connectivity index (χ0) is 22.8. The summed E-state index contributed by atoms with van der Waals surface area (Å²) in [5, 5.41) is 12.4. The number of nitrogens with one attached hydrogen (secondary N) is 1. The molecular weight excluding hydrogens is 436 g/mol. The number of benzene rings is 2. The maximum absolute atomic E-state index is 12.9. The van der Waals surface area contributed by atoms with Crippen LogP contribution in [0.3, 0.4) is 0 Å². The second-order valence-corrected chi connectivity index (χ2v) is 8.82. The number of anilines is 1. The van der Waals surface area contributed by atoms with Crippen molar-refractivity contribution in [2.24, 2.45) is 0 Å². The van der Waals surface area contributed by atoms with Crippen molar-refractivity contribution in [3.05, 3.63) is 94.9 Å². The van der Waals surface area contributed by atoms with E-state index in [-0.39, 0.29) is 11.9 Å². The van der Waals surface area contributed by atoms with Gasteiger partial charge in [0.05, 0.1) is 11.6 Å². The van der Waals surface area contributed by atoms with Crippen molar-refractivity contribution in [3.63, 3.8) is 0 Å². The first-order valence-corrected chi connectivity index (χ1v) is 11.3. The number of aromatic nitrogens is 3.